The Labute approximate surface area is 162 Å². The van der Waals surface area contributed by atoms with E-state index in [9.17, 15) is 13.2 Å². The highest BCUT2D eigenvalue weighted by atomic mass is 32.2. The van der Waals surface area contributed by atoms with Gasteiger partial charge in [0, 0.05) is 45.0 Å². The predicted octanol–water partition coefficient (Wildman–Crippen LogP) is 1.22. The molecule has 7 nitrogen and oxygen atoms in total. The van der Waals surface area contributed by atoms with Gasteiger partial charge >= 0.3 is 0 Å². The van der Waals surface area contributed by atoms with Crippen molar-refractivity contribution in [2.24, 2.45) is 0 Å². The molecule has 2 saturated heterocycles. The summed E-state index contributed by atoms with van der Waals surface area (Å²) in [4.78, 5) is 18.9. The van der Waals surface area contributed by atoms with Crippen LogP contribution in [0.25, 0.3) is 0 Å². The first kappa shape index (κ1) is 19.9. The lowest BCUT2D eigenvalue weighted by molar-refractivity contribution is -0.131. The van der Waals surface area contributed by atoms with Gasteiger partial charge in [0.25, 0.3) is 0 Å². The Morgan fingerprint density at radius 3 is 2.11 bits per heavy atom. The molecule has 8 heteroatoms. The van der Waals surface area contributed by atoms with Crippen LogP contribution in [0, 0.1) is 0 Å². The normalized spacial score (nSPS) is 19.2. The van der Waals surface area contributed by atoms with Gasteiger partial charge < -0.3 is 14.7 Å². The number of sulfonamides is 1. The van der Waals surface area contributed by atoms with Crippen LogP contribution in [0.1, 0.15) is 19.3 Å². The Hall–Kier alpha value is -1.80. The van der Waals surface area contributed by atoms with E-state index in [0.29, 0.717) is 18.8 Å². The first-order valence-electron chi connectivity index (χ1n) is 9.63. The summed E-state index contributed by atoms with van der Waals surface area (Å²) < 4.78 is 25.9. The van der Waals surface area contributed by atoms with E-state index in [1.54, 1.807) is 4.90 Å². The van der Waals surface area contributed by atoms with Crippen molar-refractivity contribution in [3.8, 4) is 0 Å². The van der Waals surface area contributed by atoms with Crippen molar-refractivity contribution in [3.05, 3.63) is 24.3 Å². The number of carbonyl (C=O) groups excluding carboxylic acids is 1. The molecule has 1 aromatic carbocycles. The van der Waals surface area contributed by atoms with Crippen LogP contribution >= 0.6 is 0 Å². The number of rotatable bonds is 5. The summed E-state index contributed by atoms with van der Waals surface area (Å²) >= 11 is 0. The zero-order valence-corrected chi connectivity index (χ0v) is 17.1. The molecule has 150 valence electrons. The van der Waals surface area contributed by atoms with Crippen LogP contribution in [0.5, 0.6) is 0 Å². The molecule has 0 saturated carbocycles. The fourth-order valence-electron chi connectivity index (χ4n) is 3.66. The van der Waals surface area contributed by atoms with Gasteiger partial charge in [-0.3, -0.25) is 9.10 Å². The molecule has 2 aliphatic heterocycles. The topological polar surface area (TPSA) is 64.2 Å². The van der Waals surface area contributed by atoms with Gasteiger partial charge in [0.05, 0.1) is 11.9 Å². The van der Waals surface area contributed by atoms with Crippen LogP contribution in [0.2, 0.25) is 0 Å². The van der Waals surface area contributed by atoms with Crippen LogP contribution in [-0.2, 0) is 14.8 Å². The summed E-state index contributed by atoms with van der Waals surface area (Å²) in [5.74, 6) is -0.145. The second-order valence-corrected chi connectivity index (χ2v) is 9.42. The van der Waals surface area contributed by atoms with Crippen LogP contribution < -0.4 is 9.21 Å². The van der Waals surface area contributed by atoms with Crippen molar-refractivity contribution in [2.45, 2.75) is 19.3 Å². The van der Waals surface area contributed by atoms with E-state index in [0.717, 1.165) is 38.1 Å². The molecular weight excluding hydrogens is 364 g/mol. The molecule has 0 unspecified atom stereocenters. The van der Waals surface area contributed by atoms with Crippen molar-refractivity contribution in [3.63, 3.8) is 0 Å². The molecule has 1 aromatic rings. The van der Waals surface area contributed by atoms with Crippen molar-refractivity contribution < 1.29 is 13.2 Å². The summed E-state index contributed by atoms with van der Waals surface area (Å²) in [7, 11) is -1.52. The van der Waals surface area contributed by atoms with Crippen molar-refractivity contribution in [1.29, 1.82) is 0 Å². The molecule has 1 amide bonds. The van der Waals surface area contributed by atoms with E-state index in [1.807, 2.05) is 31.3 Å². The molecule has 0 N–H and O–H groups in total. The highest BCUT2D eigenvalue weighted by Crippen LogP contribution is 2.25. The minimum absolute atomic E-state index is 0.145. The third-order valence-corrected chi connectivity index (χ3v) is 6.53. The van der Waals surface area contributed by atoms with Crippen molar-refractivity contribution in [1.82, 2.24) is 9.80 Å². The SMILES string of the molecule is CN1CCN(C(=O)CN(c2ccc(N3CCCCC3)cc2)S(C)(=O)=O)CC1. The molecule has 0 atom stereocenters. The Morgan fingerprint density at radius 2 is 1.56 bits per heavy atom. The van der Waals surface area contributed by atoms with E-state index in [1.165, 1.54) is 23.6 Å². The van der Waals surface area contributed by atoms with Gasteiger partial charge in [0.1, 0.15) is 6.54 Å². The second-order valence-electron chi connectivity index (χ2n) is 7.52. The number of benzene rings is 1. The molecule has 0 aliphatic carbocycles. The number of nitrogens with zero attached hydrogens (tertiary/aromatic N) is 4. The number of piperazine rings is 1. The Bertz CT molecular complexity index is 737. The van der Waals surface area contributed by atoms with Crippen LogP contribution in [0.3, 0.4) is 0 Å². The average molecular weight is 395 g/mol. The van der Waals surface area contributed by atoms with E-state index < -0.39 is 10.0 Å². The maximum Gasteiger partial charge on any atom is 0.243 e. The Kier molecular flexibility index (Phi) is 6.26. The monoisotopic (exact) mass is 394 g/mol. The lowest BCUT2D eigenvalue weighted by Gasteiger charge is -2.34. The minimum atomic E-state index is -3.54. The number of piperidine rings is 1. The van der Waals surface area contributed by atoms with Gasteiger partial charge in [0.15, 0.2) is 0 Å². The number of anilines is 2. The number of hydrogen-bond acceptors (Lipinski definition) is 5. The lowest BCUT2D eigenvalue weighted by Crippen LogP contribution is -2.50. The van der Waals surface area contributed by atoms with E-state index in [4.69, 9.17) is 0 Å². The van der Waals surface area contributed by atoms with Crippen molar-refractivity contribution in [2.75, 3.05) is 68.3 Å². The summed E-state index contributed by atoms with van der Waals surface area (Å²) in [6, 6.07) is 7.53. The predicted molar refractivity (Wildman–Crippen MR) is 109 cm³/mol. The largest absolute Gasteiger partial charge is 0.372 e. The summed E-state index contributed by atoms with van der Waals surface area (Å²) in [6.07, 6.45) is 4.81. The third kappa shape index (κ3) is 5.13. The van der Waals surface area contributed by atoms with Crippen molar-refractivity contribution >= 4 is 27.3 Å². The van der Waals surface area contributed by atoms with E-state index in [-0.39, 0.29) is 12.5 Å². The molecule has 3 rings (SSSR count). The summed E-state index contributed by atoms with van der Waals surface area (Å²) in [5, 5.41) is 0. The zero-order chi connectivity index (χ0) is 19.4. The molecule has 27 heavy (non-hydrogen) atoms. The number of likely N-dealkylation sites (N-methyl/N-ethyl adjacent to an activating group) is 1. The Balaban J connectivity index is 1.72. The lowest BCUT2D eigenvalue weighted by atomic mass is 10.1. The van der Waals surface area contributed by atoms with Gasteiger partial charge in [-0.15, -0.1) is 0 Å². The minimum Gasteiger partial charge on any atom is -0.372 e. The van der Waals surface area contributed by atoms with E-state index >= 15 is 0 Å². The molecule has 2 aliphatic rings. The maximum atomic E-state index is 12.6. The van der Waals surface area contributed by atoms with Gasteiger partial charge in [-0.25, -0.2) is 8.42 Å². The molecule has 0 radical (unpaired) electrons. The van der Waals surface area contributed by atoms with Gasteiger partial charge in [-0.2, -0.15) is 0 Å². The standard InChI is InChI=1S/C19H30N4O3S/c1-20-12-14-22(15-13-20)19(24)16-23(27(2,25)26)18-8-6-17(7-9-18)21-10-4-3-5-11-21/h6-9H,3-5,10-16H2,1-2H3. The fourth-order valence-corrected chi connectivity index (χ4v) is 4.51. The molecule has 0 aromatic heterocycles. The van der Waals surface area contributed by atoms with Crippen LogP contribution in [-0.4, -0.2) is 83.2 Å². The van der Waals surface area contributed by atoms with Gasteiger partial charge in [-0.1, -0.05) is 0 Å². The van der Waals surface area contributed by atoms with Gasteiger partial charge in [0.2, 0.25) is 15.9 Å². The summed E-state index contributed by atoms with van der Waals surface area (Å²) in [5.41, 5.74) is 1.65. The number of carbonyl (C=O) groups is 1. The molecular formula is C19H30N4O3S. The fraction of sp³-hybridized carbons (Fsp3) is 0.632. The van der Waals surface area contributed by atoms with E-state index in [2.05, 4.69) is 9.80 Å². The molecule has 2 heterocycles. The quantitative estimate of drug-likeness (QED) is 0.751. The molecule has 0 bridgehead atoms. The third-order valence-electron chi connectivity index (χ3n) is 5.39. The van der Waals surface area contributed by atoms with Crippen LogP contribution in [0.15, 0.2) is 24.3 Å². The first-order chi connectivity index (χ1) is 12.8. The number of hydrogen-bond donors (Lipinski definition) is 0. The maximum absolute atomic E-state index is 12.6. The second kappa shape index (κ2) is 8.48. The van der Waals surface area contributed by atoms with Crippen LogP contribution in [0.4, 0.5) is 11.4 Å². The van der Waals surface area contributed by atoms with Gasteiger partial charge in [-0.05, 0) is 50.6 Å². The average Bonchev–Trinajstić information content (AvgIpc) is 2.66. The smallest absolute Gasteiger partial charge is 0.243 e. The Morgan fingerprint density at radius 1 is 0.963 bits per heavy atom. The highest BCUT2D eigenvalue weighted by Gasteiger charge is 2.26. The molecule has 2 fully saturated rings. The first-order valence-corrected chi connectivity index (χ1v) is 11.5. The molecule has 0 spiro atoms. The highest BCUT2D eigenvalue weighted by molar-refractivity contribution is 7.92. The number of amides is 1. The zero-order valence-electron chi connectivity index (χ0n) is 16.3. The summed E-state index contributed by atoms with van der Waals surface area (Å²) in [6.45, 7) is 4.84.